The molecule has 1 unspecified atom stereocenters. The van der Waals surface area contributed by atoms with Crippen LogP contribution in [-0.4, -0.2) is 17.5 Å². The number of carbonyl (C=O) groups excluding carboxylic acids is 2. The Morgan fingerprint density at radius 2 is 1.85 bits per heavy atom. The van der Waals surface area contributed by atoms with Gasteiger partial charge in [-0.2, -0.15) is 5.10 Å². The number of benzene rings is 2. The minimum Gasteiger partial charge on any atom is -0.344 e. The first-order valence-corrected chi connectivity index (χ1v) is 9.47. The van der Waals surface area contributed by atoms with Gasteiger partial charge in [-0.1, -0.05) is 42.0 Å². The molecule has 4 rings (SSSR count). The van der Waals surface area contributed by atoms with Gasteiger partial charge in [0.1, 0.15) is 5.71 Å². The Bertz CT molecular complexity index is 902. The molecule has 0 bridgehead atoms. The number of amides is 2. The van der Waals surface area contributed by atoms with Crippen molar-refractivity contribution < 1.29 is 9.59 Å². The summed E-state index contributed by atoms with van der Waals surface area (Å²) in [6.45, 7) is 1.99. The predicted octanol–water partition coefficient (Wildman–Crippen LogP) is 3.67. The molecule has 27 heavy (non-hydrogen) atoms. The molecule has 0 fully saturated rings. The molecule has 1 N–H and O–H groups in total. The fourth-order valence-electron chi connectivity index (χ4n) is 3.75. The monoisotopic (exact) mass is 361 g/mol. The van der Waals surface area contributed by atoms with Crippen LogP contribution in [0.2, 0.25) is 0 Å². The second-order valence-corrected chi connectivity index (χ2v) is 7.20. The highest BCUT2D eigenvalue weighted by Gasteiger charge is 2.28. The molecule has 138 valence electrons. The molecule has 0 radical (unpaired) electrons. The second-order valence-electron chi connectivity index (χ2n) is 7.20. The van der Waals surface area contributed by atoms with Gasteiger partial charge in [0.05, 0.1) is 11.7 Å². The Morgan fingerprint density at radius 1 is 1.07 bits per heavy atom. The topological polar surface area (TPSA) is 61.8 Å². The fraction of sp³-hybridized carbons (Fsp3) is 0.318. The van der Waals surface area contributed by atoms with Crippen molar-refractivity contribution in [3.63, 3.8) is 0 Å². The molecule has 5 heteroatoms. The first-order valence-electron chi connectivity index (χ1n) is 9.47. The number of hydrogen-bond donors (Lipinski definition) is 1. The van der Waals surface area contributed by atoms with E-state index in [4.69, 9.17) is 0 Å². The summed E-state index contributed by atoms with van der Waals surface area (Å²) in [6, 6.07) is 15.9. The van der Waals surface area contributed by atoms with Crippen molar-refractivity contribution in [3.05, 3.63) is 65.2 Å². The van der Waals surface area contributed by atoms with Gasteiger partial charge in [-0.25, -0.2) is 5.01 Å². The van der Waals surface area contributed by atoms with Gasteiger partial charge >= 0.3 is 0 Å². The molecule has 2 aromatic rings. The number of carbonyl (C=O) groups is 2. The largest absolute Gasteiger partial charge is 0.344 e. The van der Waals surface area contributed by atoms with Gasteiger partial charge in [0.15, 0.2) is 0 Å². The van der Waals surface area contributed by atoms with E-state index in [1.807, 2.05) is 43.3 Å². The van der Waals surface area contributed by atoms with Gasteiger partial charge in [-0.05, 0) is 49.4 Å². The zero-order valence-electron chi connectivity index (χ0n) is 15.4. The normalized spacial score (nSPS) is 19.3. The Morgan fingerprint density at radius 3 is 2.67 bits per heavy atom. The van der Waals surface area contributed by atoms with Crippen LogP contribution in [0, 0.1) is 6.92 Å². The van der Waals surface area contributed by atoms with E-state index < -0.39 is 0 Å². The molecule has 0 aromatic heterocycles. The molecule has 2 aromatic carbocycles. The number of aryl methyl sites for hydroxylation is 2. The zero-order valence-corrected chi connectivity index (χ0v) is 15.4. The van der Waals surface area contributed by atoms with E-state index in [2.05, 4.69) is 22.6 Å². The van der Waals surface area contributed by atoms with Gasteiger partial charge in [0.25, 0.3) is 5.91 Å². The maximum absolute atomic E-state index is 12.8. The van der Waals surface area contributed by atoms with Crippen LogP contribution in [0.25, 0.3) is 0 Å². The van der Waals surface area contributed by atoms with Gasteiger partial charge in [-0.15, -0.1) is 0 Å². The molecule has 0 saturated heterocycles. The number of fused-ring (bicyclic) bond motifs is 1. The Balaban J connectivity index is 1.54. The van der Waals surface area contributed by atoms with Gasteiger partial charge in [0, 0.05) is 12.8 Å². The summed E-state index contributed by atoms with van der Waals surface area (Å²) in [7, 11) is 0. The van der Waals surface area contributed by atoms with Crippen molar-refractivity contribution in [1.29, 1.82) is 0 Å². The van der Waals surface area contributed by atoms with Crippen LogP contribution in [0.1, 0.15) is 48.4 Å². The average molecular weight is 361 g/mol. The van der Waals surface area contributed by atoms with Crippen molar-refractivity contribution in [1.82, 2.24) is 5.32 Å². The highest BCUT2D eigenvalue weighted by Crippen LogP contribution is 2.29. The lowest BCUT2D eigenvalue weighted by Gasteiger charge is -2.28. The van der Waals surface area contributed by atoms with Gasteiger partial charge in [0.2, 0.25) is 5.91 Å². The first-order chi connectivity index (χ1) is 13.1. The molecule has 1 atom stereocenters. The molecule has 5 nitrogen and oxygen atoms in total. The number of hydrogen-bond acceptors (Lipinski definition) is 3. The smallest absolute Gasteiger partial charge is 0.267 e. The van der Waals surface area contributed by atoms with Crippen molar-refractivity contribution >= 4 is 23.2 Å². The van der Waals surface area contributed by atoms with Crippen LogP contribution >= 0.6 is 0 Å². The van der Waals surface area contributed by atoms with E-state index >= 15 is 0 Å². The first kappa shape index (κ1) is 17.5. The van der Waals surface area contributed by atoms with E-state index in [0.29, 0.717) is 24.2 Å². The maximum atomic E-state index is 12.8. The van der Waals surface area contributed by atoms with Crippen molar-refractivity contribution in [2.24, 2.45) is 5.10 Å². The van der Waals surface area contributed by atoms with Crippen LogP contribution in [0.15, 0.2) is 53.6 Å². The lowest BCUT2D eigenvalue weighted by Crippen LogP contribution is -2.41. The lowest BCUT2D eigenvalue weighted by atomic mass is 9.87. The van der Waals surface area contributed by atoms with E-state index in [9.17, 15) is 9.59 Å². The van der Waals surface area contributed by atoms with Gasteiger partial charge < -0.3 is 5.32 Å². The van der Waals surface area contributed by atoms with Crippen molar-refractivity contribution in [2.75, 3.05) is 5.01 Å². The molecule has 1 heterocycles. The number of nitrogens with one attached hydrogen (secondary N) is 1. The van der Waals surface area contributed by atoms with Crippen LogP contribution < -0.4 is 10.3 Å². The minimum absolute atomic E-state index is 0.00982. The quantitative estimate of drug-likeness (QED) is 0.907. The number of anilines is 1. The Kier molecular flexibility index (Phi) is 4.75. The summed E-state index contributed by atoms with van der Waals surface area (Å²) in [6.07, 6.45) is 3.71. The summed E-state index contributed by atoms with van der Waals surface area (Å²) in [5.74, 6) is -0.264. The highest BCUT2D eigenvalue weighted by atomic mass is 16.2. The van der Waals surface area contributed by atoms with E-state index in [1.165, 1.54) is 16.1 Å². The van der Waals surface area contributed by atoms with E-state index in [-0.39, 0.29) is 17.9 Å². The van der Waals surface area contributed by atoms with Crippen LogP contribution in [0.4, 0.5) is 5.69 Å². The number of hydrazone groups is 1. The summed E-state index contributed by atoms with van der Waals surface area (Å²) in [5, 5.41) is 8.86. The number of nitrogens with zero attached hydrogens (tertiary/aromatic N) is 2. The summed E-state index contributed by atoms with van der Waals surface area (Å²) >= 11 is 0. The van der Waals surface area contributed by atoms with Crippen molar-refractivity contribution in [3.8, 4) is 0 Å². The molecule has 1 aliphatic carbocycles. The average Bonchev–Trinajstić information content (AvgIpc) is 2.69. The molecule has 0 saturated carbocycles. The van der Waals surface area contributed by atoms with Crippen LogP contribution in [0.3, 0.4) is 0 Å². The lowest BCUT2D eigenvalue weighted by molar-refractivity contribution is -0.119. The van der Waals surface area contributed by atoms with Crippen molar-refractivity contribution in [2.45, 2.75) is 45.1 Å². The Labute approximate surface area is 159 Å². The van der Waals surface area contributed by atoms with E-state index in [1.54, 1.807) is 0 Å². The Hall–Kier alpha value is -2.95. The molecule has 2 amide bonds. The standard InChI is InChI=1S/C22H23N3O2/c1-15-9-11-17(12-10-15)25-21(26)14-13-20(24-25)22(27)23-19-8-4-6-16-5-2-3-7-18(16)19/h2-3,5,7,9-12,19H,4,6,8,13-14H2,1H3,(H,23,27). The molecular weight excluding hydrogens is 338 g/mol. The minimum atomic E-state index is -0.179. The third kappa shape index (κ3) is 3.63. The predicted molar refractivity (Wildman–Crippen MR) is 106 cm³/mol. The van der Waals surface area contributed by atoms with Gasteiger partial charge in [-0.3, -0.25) is 9.59 Å². The van der Waals surface area contributed by atoms with Crippen LogP contribution in [0.5, 0.6) is 0 Å². The zero-order chi connectivity index (χ0) is 18.8. The summed E-state index contributed by atoms with van der Waals surface area (Å²) < 4.78 is 0. The second kappa shape index (κ2) is 7.35. The third-order valence-electron chi connectivity index (χ3n) is 5.25. The van der Waals surface area contributed by atoms with E-state index in [0.717, 1.165) is 24.8 Å². The fourth-order valence-corrected chi connectivity index (χ4v) is 3.75. The molecule has 2 aliphatic rings. The molecular formula is C22H23N3O2. The molecule has 0 spiro atoms. The summed E-state index contributed by atoms with van der Waals surface area (Å²) in [4.78, 5) is 25.1. The van der Waals surface area contributed by atoms with Crippen LogP contribution in [-0.2, 0) is 16.0 Å². The highest BCUT2D eigenvalue weighted by molar-refractivity contribution is 6.40. The maximum Gasteiger partial charge on any atom is 0.267 e. The SMILES string of the molecule is Cc1ccc(N2N=C(C(=O)NC3CCCc4ccccc43)CCC2=O)cc1. The summed E-state index contributed by atoms with van der Waals surface area (Å²) in [5.41, 5.74) is 4.72. The third-order valence-corrected chi connectivity index (χ3v) is 5.25. The number of rotatable bonds is 3. The molecule has 1 aliphatic heterocycles.